The maximum Gasteiger partial charge on any atom is 0.263 e. The first-order valence-electron chi connectivity index (χ1n) is 24.0. The number of aryl methyl sites for hydroxylation is 3. The van der Waals surface area contributed by atoms with E-state index in [2.05, 4.69) is 40.7 Å². The van der Waals surface area contributed by atoms with Crippen molar-refractivity contribution in [3.63, 3.8) is 0 Å². The van der Waals surface area contributed by atoms with Gasteiger partial charge in [-0.05, 0) is 76.8 Å². The average molecular weight is 981 g/mol. The number of hydrogen-bond acceptors (Lipinski definition) is 17. The molecule has 0 radical (unpaired) electrons. The van der Waals surface area contributed by atoms with Crippen molar-refractivity contribution >= 4 is 74.0 Å². The van der Waals surface area contributed by atoms with Crippen molar-refractivity contribution in [2.45, 2.75) is 78.7 Å². The fraction of sp³-hybridized carbons (Fsp3) is 0.500. The molecule has 1 aliphatic carbocycles. The van der Waals surface area contributed by atoms with E-state index in [1.54, 1.807) is 42.0 Å². The molecule has 1 saturated carbocycles. The number of Topliss-reactive ketones (excluding diaryl/α,β-unsaturated/α-hetero) is 2. The number of aromatic nitrogens is 5. The molecule has 5 heterocycles. The van der Waals surface area contributed by atoms with Gasteiger partial charge in [-0.3, -0.25) is 38.8 Å². The van der Waals surface area contributed by atoms with Gasteiger partial charge in [0.1, 0.15) is 17.2 Å². The molecule has 374 valence electrons. The largest absolute Gasteiger partial charge is 0.379 e. The van der Waals surface area contributed by atoms with Gasteiger partial charge in [-0.2, -0.15) is 4.98 Å². The van der Waals surface area contributed by atoms with Crippen LogP contribution in [0.3, 0.4) is 0 Å². The summed E-state index contributed by atoms with van der Waals surface area (Å²) in [4.78, 5) is 87.9. The van der Waals surface area contributed by atoms with Crippen molar-refractivity contribution in [1.82, 2.24) is 29.4 Å². The quantitative estimate of drug-likeness (QED) is 0.0400. The molecule has 7 rings (SSSR count). The van der Waals surface area contributed by atoms with E-state index in [0.717, 1.165) is 68.1 Å². The van der Waals surface area contributed by atoms with E-state index in [1.807, 2.05) is 32.2 Å². The highest BCUT2D eigenvalue weighted by Gasteiger charge is 2.26. The molecule has 0 bridgehead atoms. The molecule has 2 amide bonds. The highest BCUT2D eigenvalue weighted by Crippen LogP contribution is 2.32. The average Bonchev–Trinajstić information content (AvgIpc) is 3.99. The molecule has 70 heavy (non-hydrogen) atoms. The molecule has 2 fully saturated rings. The Balaban J connectivity index is 0.692. The van der Waals surface area contributed by atoms with Crippen LogP contribution in [0.1, 0.15) is 94.8 Å². The van der Waals surface area contributed by atoms with Crippen LogP contribution in [-0.2, 0) is 28.5 Å². The van der Waals surface area contributed by atoms with Crippen molar-refractivity contribution < 1.29 is 38.1 Å². The fourth-order valence-electron chi connectivity index (χ4n) is 8.55. The number of nitrogens with zero attached hydrogens (tertiary/aromatic N) is 7. The maximum absolute atomic E-state index is 13.6. The van der Waals surface area contributed by atoms with Gasteiger partial charge in [-0.1, -0.05) is 25.0 Å². The van der Waals surface area contributed by atoms with Gasteiger partial charge in [0.2, 0.25) is 11.9 Å². The van der Waals surface area contributed by atoms with Crippen LogP contribution < -0.4 is 26.4 Å². The van der Waals surface area contributed by atoms with Crippen LogP contribution in [0.4, 0.5) is 28.3 Å². The number of amides is 2. The van der Waals surface area contributed by atoms with E-state index < -0.39 is 0 Å². The predicted molar refractivity (Wildman–Crippen MR) is 269 cm³/mol. The molecule has 0 atom stereocenters. The Morgan fingerprint density at radius 2 is 1.46 bits per heavy atom. The second-order valence-corrected chi connectivity index (χ2v) is 18.6. The number of ether oxygens (including phenoxy) is 4. The minimum atomic E-state index is -0.347. The van der Waals surface area contributed by atoms with Gasteiger partial charge in [-0.25, -0.2) is 15.0 Å². The number of carbonyl (C=O) groups excluding carboxylic acids is 4. The lowest BCUT2D eigenvalue weighted by Gasteiger charge is -2.35. The van der Waals surface area contributed by atoms with Crippen molar-refractivity contribution in [1.29, 1.82) is 0 Å². The second kappa shape index (κ2) is 25.7. The molecule has 1 saturated heterocycles. The number of anilines is 5. The van der Waals surface area contributed by atoms with Crippen molar-refractivity contribution in [3.8, 4) is 0 Å². The summed E-state index contributed by atoms with van der Waals surface area (Å²) in [5, 5.41) is 9.99. The third-order valence-corrected chi connectivity index (χ3v) is 13.4. The van der Waals surface area contributed by atoms with E-state index in [0.29, 0.717) is 110 Å². The van der Waals surface area contributed by atoms with Crippen LogP contribution in [0.2, 0.25) is 0 Å². The lowest BCUT2D eigenvalue weighted by atomic mass is 10.0. The van der Waals surface area contributed by atoms with Crippen LogP contribution in [0.15, 0.2) is 53.6 Å². The van der Waals surface area contributed by atoms with Gasteiger partial charge in [-0.15, -0.1) is 11.3 Å². The Kier molecular flexibility index (Phi) is 19.0. The minimum absolute atomic E-state index is 0.00176. The predicted octanol–water partition coefficient (Wildman–Crippen LogP) is 6.45. The first-order chi connectivity index (χ1) is 33.9. The molecular weight excluding hydrogens is 917 g/mol. The van der Waals surface area contributed by atoms with Gasteiger partial charge in [0.25, 0.3) is 11.5 Å². The number of nitrogens with one attached hydrogen (secondary N) is 3. The minimum Gasteiger partial charge on any atom is -0.379 e. The Morgan fingerprint density at radius 1 is 0.771 bits per heavy atom. The Hall–Kier alpha value is -6.03. The van der Waals surface area contributed by atoms with E-state index in [9.17, 15) is 24.0 Å². The molecule has 2 aliphatic rings. The molecule has 3 N–H and O–H groups in total. The summed E-state index contributed by atoms with van der Waals surface area (Å²) in [6.07, 6.45) is 8.53. The number of para-hydroxylation sites is 1. The molecule has 0 unspecified atom stereocenters. The third kappa shape index (κ3) is 14.3. The SMILES string of the molecule is CC(=O)c1c(C)c2cnc(Nc3ccc(N4CCN(CC(=O)CCCOCCOCCOCCOCCC(=O)Nc5ccccc5C(=O)Nc5nc(C)c(C)s5)CC4)cn3)nc2n(C2CCCC2)c1=O. The molecule has 4 aromatic heterocycles. The molecule has 0 spiro atoms. The summed E-state index contributed by atoms with van der Waals surface area (Å²) in [6, 6.07) is 10.7. The maximum atomic E-state index is 13.6. The third-order valence-electron chi connectivity index (χ3n) is 12.4. The van der Waals surface area contributed by atoms with E-state index in [-0.39, 0.29) is 53.6 Å². The summed E-state index contributed by atoms with van der Waals surface area (Å²) in [6.45, 7) is 13.6. The van der Waals surface area contributed by atoms with Crippen molar-refractivity contribution in [3.05, 3.63) is 86.4 Å². The second-order valence-electron chi connectivity index (χ2n) is 17.4. The molecule has 1 aliphatic heterocycles. The molecule has 20 heteroatoms. The van der Waals surface area contributed by atoms with Gasteiger partial charge in [0.15, 0.2) is 10.9 Å². The fourth-order valence-corrected chi connectivity index (χ4v) is 9.36. The van der Waals surface area contributed by atoms with Crippen molar-refractivity contribution in [2.24, 2.45) is 0 Å². The van der Waals surface area contributed by atoms with Gasteiger partial charge in [0, 0.05) is 61.7 Å². The highest BCUT2D eigenvalue weighted by atomic mass is 32.1. The van der Waals surface area contributed by atoms with Gasteiger partial charge >= 0.3 is 0 Å². The Bertz CT molecular complexity index is 2620. The highest BCUT2D eigenvalue weighted by molar-refractivity contribution is 7.15. The van der Waals surface area contributed by atoms with Crippen LogP contribution >= 0.6 is 11.3 Å². The summed E-state index contributed by atoms with van der Waals surface area (Å²) in [5.41, 5.74) is 3.66. The lowest BCUT2D eigenvalue weighted by molar-refractivity contribution is -0.120. The molecule has 1 aromatic carbocycles. The monoisotopic (exact) mass is 980 g/mol. The van der Waals surface area contributed by atoms with Crippen LogP contribution in [0, 0.1) is 20.8 Å². The Morgan fingerprint density at radius 3 is 2.11 bits per heavy atom. The number of thiazole rings is 1. The first kappa shape index (κ1) is 51.8. The zero-order valence-corrected chi connectivity index (χ0v) is 41.4. The number of benzene rings is 1. The number of piperazine rings is 1. The standard InChI is InChI=1S/C50H64N10O9S/c1-33-41-31-52-49(56-46(41)60(37-10-5-6-11-37)48(65)45(33)35(3)61)55-43-16-15-38(30-51-43)59-20-18-58(19-21-59)32-39(62)12-9-22-66-24-26-68-28-29-69-27-25-67-23-17-44(63)54-42-14-8-7-13-40(42)47(64)57-50-53-34(2)36(4)70-50/h7-8,13-16,30-31,37H,5-6,9-12,17-29,32H2,1-4H3,(H,54,63)(H,53,57,64)(H,51,52,55,56). The van der Waals surface area contributed by atoms with E-state index >= 15 is 0 Å². The topological polar surface area (TPSA) is 221 Å². The number of fused-ring (bicyclic) bond motifs is 1. The van der Waals surface area contributed by atoms with Crippen LogP contribution in [0.5, 0.6) is 0 Å². The van der Waals surface area contributed by atoms with E-state index in [4.69, 9.17) is 23.9 Å². The van der Waals surface area contributed by atoms with E-state index in [1.165, 1.54) is 18.3 Å². The lowest BCUT2D eigenvalue weighted by Crippen LogP contribution is -2.48. The smallest absolute Gasteiger partial charge is 0.263 e. The first-order valence-corrected chi connectivity index (χ1v) is 24.9. The van der Waals surface area contributed by atoms with Crippen molar-refractivity contribution in [2.75, 3.05) is 106 Å². The normalized spacial score (nSPS) is 14.3. The van der Waals surface area contributed by atoms with Crippen LogP contribution in [0.25, 0.3) is 11.0 Å². The molecule has 19 nitrogen and oxygen atoms in total. The zero-order chi connectivity index (χ0) is 49.4. The van der Waals surface area contributed by atoms with Gasteiger partial charge in [0.05, 0.1) is 93.6 Å². The summed E-state index contributed by atoms with van der Waals surface area (Å²) in [5.74, 6) is 0.225. The molecule has 5 aromatic rings. The molecular formula is C50H64N10O9S. The summed E-state index contributed by atoms with van der Waals surface area (Å²) < 4.78 is 24.0. The number of hydrogen-bond donors (Lipinski definition) is 3. The summed E-state index contributed by atoms with van der Waals surface area (Å²) >= 11 is 1.40. The number of pyridine rings is 2. The summed E-state index contributed by atoms with van der Waals surface area (Å²) in [7, 11) is 0. The van der Waals surface area contributed by atoms with Crippen LogP contribution in [-0.4, -0.2) is 138 Å². The zero-order valence-electron chi connectivity index (χ0n) is 40.6. The number of ketones is 2. The number of carbonyl (C=O) groups is 4. The van der Waals surface area contributed by atoms with Gasteiger partial charge < -0.3 is 34.5 Å². The Labute approximate surface area is 411 Å². The number of rotatable bonds is 26.